The van der Waals surface area contributed by atoms with E-state index >= 15 is 0 Å². The van der Waals surface area contributed by atoms with Crippen LogP contribution in [-0.2, 0) is 11.2 Å². The minimum absolute atomic E-state index is 0.0815. The van der Waals surface area contributed by atoms with Gasteiger partial charge in [-0.25, -0.2) is 8.78 Å². The fraction of sp³-hybridized carbons (Fsp3) is 0.240. The molecule has 0 fully saturated rings. The first kappa shape index (κ1) is 21.7. The summed E-state index contributed by atoms with van der Waals surface area (Å²) in [7, 11) is 0. The third kappa shape index (κ3) is 5.97. The first-order valence-corrected chi connectivity index (χ1v) is 10.1. The molecule has 0 aliphatic rings. The molecule has 1 amide bonds. The fourth-order valence-electron chi connectivity index (χ4n) is 3.52. The summed E-state index contributed by atoms with van der Waals surface area (Å²) in [6.45, 7) is 3.36. The number of amides is 1. The van der Waals surface area contributed by atoms with Crippen LogP contribution in [0.25, 0.3) is 0 Å². The van der Waals surface area contributed by atoms with Gasteiger partial charge in [-0.1, -0.05) is 61.5 Å². The second-order valence-corrected chi connectivity index (χ2v) is 7.15. The Balaban J connectivity index is 1.68. The SMILES string of the molecule is CCN(CC(=O)NCCc1ccc(F)cc1)C(c1ccccc1)c1ccc(F)cc1. The van der Waals surface area contributed by atoms with Crippen molar-refractivity contribution in [3.63, 3.8) is 0 Å². The van der Waals surface area contributed by atoms with Crippen molar-refractivity contribution >= 4 is 5.91 Å². The molecule has 0 saturated carbocycles. The third-order valence-electron chi connectivity index (χ3n) is 5.07. The third-order valence-corrected chi connectivity index (χ3v) is 5.07. The average molecular weight is 408 g/mol. The Labute approximate surface area is 176 Å². The predicted octanol–water partition coefficient (Wildman–Crippen LogP) is 4.74. The van der Waals surface area contributed by atoms with Crippen LogP contribution >= 0.6 is 0 Å². The highest BCUT2D eigenvalue weighted by molar-refractivity contribution is 5.78. The number of nitrogens with zero attached hydrogens (tertiary/aromatic N) is 1. The summed E-state index contributed by atoms with van der Waals surface area (Å²) in [6.07, 6.45) is 0.637. The molecule has 3 aromatic rings. The zero-order chi connectivity index (χ0) is 21.3. The Morgan fingerprint density at radius 2 is 1.43 bits per heavy atom. The second kappa shape index (κ2) is 10.6. The van der Waals surface area contributed by atoms with Crippen LogP contribution in [-0.4, -0.2) is 30.4 Å². The van der Waals surface area contributed by atoms with Crippen molar-refractivity contribution in [3.05, 3.63) is 107 Å². The van der Waals surface area contributed by atoms with Crippen molar-refractivity contribution in [2.24, 2.45) is 0 Å². The Morgan fingerprint density at radius 3 is 2.03 bits per heavy atom. The normalized spacial score (nSPS) is 12.0. The van der Waals surface area contributed by atoms with Gasteiger partial charge in [0.25, 0.3) is 0 Å². The number of rotatable bonds is 9. The van der Waals surface area contributed by atoms with Crippen LogP contribution in [0.4, 0.5) is 8.78 Å². The molecule has 5 heteroatoms. The molecule has 0 aliphatic carbocycles. The molecule has 3 aromatic carbocycles. The average Bonchev–Trinajstić information content (AvgIpc) is 2.76. The van der Waals surface area contributed by atoms with Crippen molar-refractivity contribution in [1.29, 1.82) is 0 Å². The van der Waals surface area contributed by atoms with E-state index in [9.17, 15) is 13.6 Å². The summed E-state index contributed by atoms with van der Waals surface area (Å²) < 4.78 is 26.4. The largest absolute Gasteiger partial charge is 0.355 e. The van der Waals surface area contributed by atoms with Gasteiger partial charge in [0.1, 0.15) is 11.6 Å². The van der Waals surface area contributed by atoms with Crippen LogP contribution in [0, 0.1) is 11.6 Å². The first-order chi connectivity index (χ1) is 14.6. The maximum atomic E-state index is 13.4. The van der Waals surface area contributed by atoms with E-state index < -0.39 is 0 Å². The van der Waals surface area contributed by atoms with Crippen molar-refractivity contribution in [1.82, 2.24) is 10.2 Å². The molecule has 0 bridgehead atoms. The van der Waals surface area contributed by atoms with E-state index in [1.807, 2.05) is 37.3 Å². The number of likely N-dealkylation sites (N-methyl/N-ethyl adjacent to an activating group) is 1. The fourth-order valence-corrected chi connectivity index (χ4v) is 3.52. The quantitative estimate of drug-likeness (QED) is 0.555. The Morgan fingerprint density at radius 1 is 0.867 bits per heavy atom. The van der Waals surface area contributed by atoms with E-state index in [4.69, 9.17) is 0 Å². The van der Waals surface area contributed by atoms with E-state index in [2.05, 4.69) is 10.2 Å². The van der Waals surface area contributed by atoms with Crippen LogP contribution in [0.2, 0.25) is 0 Å². The van der Waals surface area contributed by atoms with E-state index in [0.29, 0.717) is 19.5 Å². The lowest BCUT2D eigenvalue weighted by molar-refractivity contribution is -0.122. The van der Waals surface area contributed by atoms with Gasteiger partial charge in [-0.05, 0) is 53.9 Å². The number of benzene rings is 3. The lowest BCUT2D eigenvalue weighted by Crippen LogP contribution is -2.40. The molecule has 1 atom stereocenters. The molecular formula is C25H26F2N2O. The smallest absolute Gasteiger partial charge is 0.234 e. The minimum Gasteiger partial charge on any atom is -0.355 e. The summed E-state index contributed by atoms with van der Waals surface area (Å²) in [5.41, 5.74) is 2.95. The Bertz CT molecular complexity index is 928. The van der Waals surface area contributed by atoms with Crippen molar-refractivity contribution < 1.29 is 13.6 Å². The summed E-state index contributed by atoms with van der Waals surface area (Å²) in [4.78, 5) is 14.7. The maximum Gasteiger partial charge on any atom is 0.234 e. The van der Waals surface area contributed by atoms with Gasteiger partial charge >= 0.3 is 0 Å². The summed E-state index contributed by atoms with van der Waals surface area (Å²) in [5, 5.41) is 2.94. The van der Waals surface area contributed by atoms with Crippen LogP contribution < -0.4 is 5.32 Å². The monoisotopic (exact) mass is 408 g/mol. The predicted molar refractivity (Wildman–Crippen MR) is 115 cm³/mol. The molecule has 0 saturated heterocycles. The molecular weight excluding hydrogens is 382 g/mol. The summed E-state index contributed by atoms with van der Waals surface area (Å²) >= 11 is 0. The minimum atomic E-state index is -0.285. The van der Waals surface area contributed by atoms with Gasteiger partial charge in [-0.2, -0.15) is 0 Å². The molecule has 1 unspecified atom stereocenters. The molecule has 0 aliphatic heterocycles. The van der Waals surface area contributed by atoms with E-state index in [-0.39, 0.29) is 30.1 Å². The van der Waals surface area contributed by atoms with E-state index in [1.54, 1.807) is 24.3 Å². The number of carbonyl (C=O) groups excluding carboxylic acids is 1. The van der Waals surface area contributed by atoms with E-state index in [0.717, 1.165) is 16.7 Å². The van der Waals surface area contributed by atoms with Gasteiger partial charge in [0.05, 0.1) is 12.6 Å². The van der Waals surface area contributed by atoms with Crippen LogP contribution in [0.3, 0.4) is 0 Å². The molecule has 3 nitrogen and oxygen atoms in total. The van der Waals surface area contributed by atoms with Crippen LogP contribution in [0.5, 0.6) is 0 Å². The number of nitrogens with one attached hydrogen (secondary N) is 1. The summed E-state index contributed by atoms with van der Waals surface area (Å²) in [5.74, 6) is -0.636. The van der Waals surface area contributed by atoms with Gasteiger partial charge in [-0.3, -0.25) is 9.69 Å². The maximum absolute atomic E-state index is 13.4. The molecule has 156 valence electrons. The standard InChI is InChI=1S/C25H26F2N2O/c1-2-29(18-24(30)28-17-16-19-8-12-22(26)13-9-19)25(20-6-4-3-5-7-20)21-10-14-23(27)15-11-21/h3-15,25H,2,16-18H2,1H3,(H,28,30). The zero-order valence-corrected chi connectivity index (χ0v) is 17.0. The van der Waals surface area contributed by atoms with Gasteiger partial charge in [0.2, 0.25) is 5.91 Å². The molecule has 0 heterocycles. The number of hydrogen-bond donors (Lipinski definition) is 1. The molecule has 0 aromatic heterocycles. The van der Waals surface area contributed by atoms with Gasteiger partial charge in [-0.15, -0.1) is 0 Å². The number of carbonyl (C=O) groups is 1. The highest BCUT2D eigenvalue weighted by Crippen LogP contribution is 2.28. The van der Waals surface area contributed by atoms with Crippen LogP contribution in [0.15, 0.2) is 78.9 Å². The molecule has 3 rings (SSSR count). The van der Waals surface area contributed by atoms with Gasteiger partial charge in [0.15, 0.2) is 0 Å². The first-order valence-electron chi connectivity index (χ1n) is 10.1. The summed E-state index contributed by atoms with van der Waals surface area (Å²) in [6, 6.07) is 22.5. The number of hydrogen-bond acceptors (Lipinski definition) is 2. The topological polar surface area (TPSA) is 32.3 Å². The number of halogens is 2. The van der Waals surface area contributed by atoms with Gasteiger partial charge < -0.3 is 5.32 Å². The highest BCUT2D eigenvalue weighted by Gasteiger charge is 2.23. The molecule has 0 spiro atoms. The Hall–Kier alpha value is -3.05. The zero-order valence-electron chi connectivity index (χ0n) is 17.0. The van der Waals surface area contributed by atoms with Crippen molar-refractivity contribution in [2.75, 3.05) is 19.6 Å². The Kier molecular flexibility index (Phi) is 7.69. The second-order valence-electron chi connectivity index (χ2n) is 7.15. The molecule has 0 radical (unpaired) electrons. The van der Waals surface area contributed by atoms with Gasteiger partial charge in [0, 0.05) is 6.54 Å². The highest BCUT2D eigenvalue weighted by atomic mass is 19.1. The molecule has 30 heavy (non-hydrogen) atoms. The van der Waals surface area contributed by atoms with Crippen LogP contribution in [0.1, 0.15) is 29.7 Å². The van der Waals surface area contributed by atoms with Crippen molar-refractivity contribution in [3.8, 4) is 0 Å². The molecule has 1 N–H and O–H groups in total. The lowest BCUT2D eigenvalue weighted by Gasteiger charge is -2.31. The lowest BCUT2D eigenvalue weighted by atomic mass is 9.97. The van der Waals surface area contributed by atoms with E-state index in [1.165, 1.54) is 24.3 Å². The van der Waals surface area contributed by atoms with Crippen molar-refractivity contribution in [2.45, 2.75) is 19.4 Å².